The lowest BCUT2D eigenvalue weighted by molar-refractivity contribution is 0.534. The summed E-state index contributed by atoms with van der Waals surface area (Å²) in [6.45, 7) is 3.30. The molecule has 0 atom stereocenters. The molecule has 0 aliphatic carbocycles. The van der Waals surface area contributed by atoms with Crippen molar-refractivity contribution in [2.24, 2.45) is 4.99 Å². The highest BCUT2D eigenvalue weighted by atomic mass is 32.2. The molecule has 0 aliphatic rings. The summed E-state index contributed by atoms with van der Waals surface area (Å²) in [4.78, 5) is 4.16. The minimum Gasteiger partial charge on any atom is -0.459 e. The van der Waals surface area contributed by atoms with Gasteiger partial charge in [0.25, 0.3) is 0 Å². The van der Waals surface area contributed by atoms with Crippen LogP contribution in [0.4, 0.5) is 4.39 Å². The highest BCUT2D eigenvalue weighted by Gasteiger charge is 2.11. The molecule has 2 N–H and O–H groups in total. The van der Waals surface area contributed by atoms with E-state index in [1.807, 2.05) is 6.92 Å². The van der Waals surface area contributed by atoms with Crippen molar-refractivity contribution in [3.05, 3.63) is 35.3 Å². The summed E-state index contributed by atoms with van der Waals surface area (Å²) < 4.78 is 19.0. The number of halogens is 1. The van der Waals surface area contributed by atoms with Crippen LogP contribution < -0.4 is 10.6 Å². The summed E-state index contributed by atoms with van der Waals surface area (Å²) in [6, 6.07) is 4.57. The molecule has 1 heterocycles. The Morgan fingerprint density at radius 3 is 2.90 bits per heavy atom. The number of thioether (sulfide) groups is 1. The lowest BCUT2D eigenvalue weighted by Gasteiger charge is -2.10. The van der Waals surface area contributed by atoms with Crippen molar-refractivity contribution in [1.29, 1.82) is 0 Å². The van der Waals surface area contributed by atoms with Gasteiger partial charge in [-0.2, -0.15) is 11.8 Å². The van der Waals surface area contributed by atoms with Gasteiger partial charge in [-0.15, -0.1) is 0 Å². The largest absolute Gasteiger partial charge is 0.459 e. The van der Waals surface area contributed by atoms with Gasteiger partial charge in [0.05, 0.1) is 6.54 Å². The Hall–Kier alpha value is -1.69. The van der Waals surface area contributed by atoms with E-state index in [-0.39, 0.29) is 5.82 Å². The number of hydrogen-bond acceptors (Lipinski definition) is 3. The predicted octanol–water partition coefficient (Wildman–Crippen LogP) is 2.91. The van der Waals surface area contributed by atoms with Gasteiger partial charge in [-0.1, -0.05) is 0 Å². The molecular weight excluding hydrogens is 289 g/mol. The van der Waals surface area contributed by atoms with Crippen LogP contribution in [0.2, 0.25) is 0 Å². The first kappa shape index (κ1) is 15.7. The average molecular weight is 309 g/mol. The van der Waals surface area contributed by atoms with Gasteiger partial charge in [-0.05, 0) is 31.4 Å². The van der Waals surface area contributed by atoms with Crippen LogP contribution in [0.1, 0.15) is 11.3 Å². The van der Waals surface area contributed by atoms with Gasteiger partial charge in [0.2, 0.25) is 0 Å². The number of guanidine groups is 1. The fourth-order valence-electron chi connectivity index (χ4n) is 2.07. The molecule has 0 saturated carbocycles. The molecule has 0 amide bonds. The maximum atomic E-state index is 13.3. The summed E-state index contributed by atoms with van der Waals surface area (Å²) >= 11 is 1.78. The smallest absolute Gasteiger partial charge is 0.191 e. The third-order valence-electron chi connectivity index (χ3n) is 3.24. The lowest BCUT2D eigenvalue weighted by Crippen LogP contribution is -2.37. The van der Waals surface area contributed by atoms with E-state index < -0.39 is 0 Å². The topological polar surface area (TPSA) is 49.6 Å². The molecule has 114 valence electrons. The van der Waals surface area contributed by atoms with Crippen molar-refractivity contribution in [2.75, 3.05) is 25.6 Å². The second-order valence-corrected chi connectivity index (χ2v) is 5.62. The number of hydrogen-bond donors (Lipinski definition) is 2. The minimum atomic E-state index is -0.250. The highest BCUT2D eigenvalue weighted by Crippen LogP contribution is 2.25. The van der Waals surface area contributed by atoms with Gasteiger partial charge in [-0.3, -0.25) is 4.99 Å². The summed E-state index contributed by atoms with van der Waals surface area (Å²) in [6.07, 6.45) is 2.06. The van der Waals surface area contributed by atoms with Crippen LogP contribution in [-0.4, -0.2) is 31.6 Å². The highest BCUT2D eigenvalue weighted by molar-refractivity contribution is 7.98. The first-order valence-corrected chi connectivity index (χ1v) is 8.16. The molecule has 0 unspecified atom stereocenters. The summed E-state index contributed by atoms with van der Waals surface area (Å²) in [5, 5.41) is 7.24. The van der Waals surface area contributed by atoms with Crippen molar-refractivity contribution < 1.29 is 8.81 Å². The normalized spacial score (nSPS) is 11.9. The third-order valence-corrected chi connectivity index (χ3v) is 3.85. The number of nitrogens with one attached hydrogen (secondary N) is 2. The van der Waals surface area contributed by atoms with E-state index in [4.69, 9.17) is 4.42 Å². The van der Waals surface area contributed by atoms with E-state index in [0.717, 1.165) is 35.0 Å². The molecule has 0 aliphatic heterocycles. The van der Waals surface area contributed by atoms with E-state index in [2.05, 4.69) is 21.9 Å². The Morgan fingerprint density at radius 1 is 1.38 bits per heavy atom. The first-order valence-electron chi connectivity index (χ1n) is 6.76. The van der Waals surface area contributed by atoms with E-state index >= 15 is 0 Å². The van der Waals surface area contributed by atoms with E-state index in [0.29, 0.717) is 12.1 Å². The van der Waals surface area contributed by atoms with Crippen LogP contribution in [0.25, 0.3) is 11.0 Å². The van der Waals surface area contributed by atoms with Crippen molar-refractivity contribution in [3.8, 4) is 0 Å². The Bertz CT molecular complexity index is 639. The standard InChI is InChI=1S/C15H20FN3OS/c1-10-12-8-11(16)4-5-13(12)20-14(10)9-19-15(17-2)18-6-7-21-3/h4-5,8H,6-7,9H2,1-3H3,(H2,17,18,19). The molecule has 0 fully saturated rings. The van der Waals surface area contributed by atoms with Crippen molar-refractivity contribution in [1.82, 2.24) is 10.6 Å². The van der Waals surface area contributed by atoms with Gasteiger partial charge in [-0.25, -0.2) is 4.39 Å². The zero-order valence-electron chi connectivity index (χ0n) is 12.5. The zero-order chi connectivity index (χ0) is 15.2. The number of aryl methyl sites for hydroxylation is 1. The Kier molecular flexibility index (Phi) is 5.50. The third kappa shape index (κ3) is 3.91. The number of fused-ring (bicyclic) bond motifs is 1. The van der Waals surface area contributed by atoms with E-state index in [1.54, 1.807) is 24.9 Å². The molecular formula is C15H20FN3OS. The molecule has 2 rings (SSSR count). The second kappa shape index (κ2) is 7.36. The van der Waals surface area contributed by atoms with Crippen LogP contribution in [-0.2, 0) is 6.54 Å². The number of rotatable bonds is 5. The molecule has 1 aromatic carbocycles. The zero-order valence-corrected chi connectivity index (χ0v) is 13.3. The maximum Gasteiger partial charge on any atom is 0.191 e. The second-order valence-electron chi connectivity index (χ2n) is 4.64. The van der Waals surface area contributed by atoms with Crippen molar-refractivity contribution >= 4 is 28.7 Å². The molecule has 0 spiro atoms. The first-order chi connectivity index (χ1) is 10.2. The van der Waals surface area contributed by atoms with Crippen LogP contribution >= 0.6 is 11.8 Å². The molecule has 0 bridgehead atoms. The summed E-state index contributed by atoms with van der Waals surface area (Å²) in [5.41, 5.74) is 1.66. The molecule has 21 heavy (non-hydrogen) atoms. The Balaban J connectivity index is 2.04. The number of nitrogens with zero attached hydrogens (tertiary/aromatic N) is 1. The molecule has 0 radical (unpaired) electrons. The van der Waals surface area contributed by atoms with Crippen molar-refractivity contribution in [2.45, 2.75) is 13.5 Å². The van der Waals surface area contributed by atoms with Crippen LogP contribution in [0, 0.1) is 12.7 Å². The predicted molar refractivity (Wildman–Crippen MR) is 87.5 cm³/mol. The quantitative estimate of drug-likeness (QED) is 0.506. The number of aliphatic imine (C=N–C) groups is 1. The van der Waals surface area contributed by atoms with Crippen LogP contribution in [0.15, 0.2) is 27.6 Å². The van der Waals surface area contributed by atoms with Crippen LogP contribution in [0.3, 0.4) is 0 Å². The SMILES string of the molecule is CN=C(NCCSC)NCc1oc2ccc(F)cc2c1C. The molecule has 0 saturated heterocycles. The van der Waals surface area contributed by atoms with E-state index in [9.17, 15) is 4.39 Å². The monoisotopic (exact) mass is 309 g/mol. The summed E-state index contributed by atoms with van der Waals surface area (Å²) in [5.74, 6) is 2.29. The lowest BCUT2D eigenvalue weighted by atomic mass is 10.1. The van der Waals surface area contributed by atoms with Gasteiger partial charge >= 0.3 is 0 Å². The number of benzene rings is 1. The molecule has 4 nitrogen and oxygen atoms in total. The Morgan fingerprint density at radius 2 is 2.19 bits per heavy atom. The molecule has 1 aromatic heterocycles. The van der Waals surface area contributed by atoms with Gasteiger partial charge < -0.3 is 15.1 Å². The summed E-state index contributed by atoms with van der Waals surface area (Å²) in [7, 11) is 1.73. The van der Waals surface area contributed by atoms with Crippen molar-refractivity contribution in [3.63, 3.8) is 0 Å². The molecule has 6 heteroatoms. The fraction of sp³-hybridized carbons (Fsp3) is 0.400. The van der Waals surface area contributed by atoms with Gasteiger partial charge in [0.15, 0.2) is 5.96 Å². The molecule has 2 aromatic rings. The Labute approximate surface area is 128 Å². The minimum absolute atomic E-state index is 0.250. The number of furan rings is 1. The van der Waals surface area contributed by atoms with Gasteiger partial charge in [0, 0.05) is 30.3 Å². The van der Waals surface area contributed by atoms with Gasteiger partial charge in [0.1, 0.15) is 17.2 Å². The fourth-order valence-corrected chi connectivity index (χ4v) is 2.37. The average Bonchev–Trinajstić information content (AvgIpc) is 2.79. The maximum absolute atomic E-state index is 13.3. The van der Waals surface area contributed by atoms with E-state index in [1.165, 1.54) is 12.1 Å². The van der Waals surface area contributed by atoms with Crippen LogP contribution in [0.5, 0.6) is 0 Å².